The predicted molar refractivity (Wildman–Crippen MR) is 99.5 cm³/mol. The molecule has 0 saturated heterocycles. The Morgan fingerprint density at radius 3 is 2.20 bits per heavy atom. The molecule has 0 aliphatic heterocycles. The summed E-state index contributed by atoms with van der Waals surface area (Å²) in [5, 5.41) is 0. The van der Waals surface area contributed by atoms with Gasteiger partial charge in [-0.1, -0.05) is 13.8 Å². The molecule has 25 heavy (non-hydrogen) atoms. The standard InChI is InChI=1S/C18H30N2O4S/c1-12(2)11-20(14(5)6)18(21)15-8-9-16(24-7)17(10-15)25(22,23)19-13(3)4/h8-10,12-14,19H,11H2,1-7H3. The number of benzene rings is 1. The van der Waals surface area contributed by atoms with Gasteiger partial charge >= 0.3 is 0 Å². The molecule has 0 aliphatic rings. The Labute approximate surface area is 151 Å². The fourth-order valence-electron chi connectivity index (χ4n) is 2.48. The van der Waals surface area contributed by atoms with E-state index < -0.39 is 10.0 Å². The topological polar surface area (TPSA) is 75.7 Å². The largest absolute Gasteiger partial charge is 0.495 e. The molecule has 0 unspecified atom stereocenters. The fourth-order valence-corrected chi connectivity index (χ4v) is 3.93. The summed E-state index contributed by atoms with van der Waals surface area (Å²) >= 11 is 0. The highest BCUT2D eigenvalue weighted by molar-refractivity contribution is 7.89. The minimum Gasteiger partial charge on any atom is -0.495 e. The smallest absolute Gasteiger partial charge is 0.254 e. The molecule has 1 N–H and O–H groups in total. The first-order valence-corrected chi connectivity index (χ1v) is 9.99. The molecule has 0 aromatic heterocycles. The average molecular weight is 371 g/mol. The van der Waals surface area contributed by atoms with E-state index in [9.17, 15) is 13.2 Å². The van der Waals surface area contributed by atoms with Crippen LogP contribution in [0, 0.1) is 5.92 Å². The molecule has 0 aliphatic carbocycles. The first kappa shape index (κ1) is 21.4. The van der Waals surface area contributed by atoms with E-state index in [0.29, 0.717) is 18.0 Å². The van der Waals surface area contributed by atoms with Crippen LogP contribution in [-0.2, 0) is 10.0 Å². The molecule has 1 amide bonds. The van der Waals surface area contributed by atoms with Crippen molar-refractivity contribution in [3.63, 3.8) is 0 Å². The molecular weight excluding hydrogens is 340 g/mol. The number of amides is 1. The molecule has 0 radical (unpaired) electrons. The van der Waals surface area contributed by atoms with Crippen molar-refractivity contribution in [2.24, 2.45) is 5.92 Å². The van der Waals surface area contributed by atoms with E-state index >= 15 is 0 Å². The Bertz CT molecular complexity index is 697. The van der Waals surface area contributed by atoms with E-state index in [1.807, 2.05) is 27.7 Å². The molecule has 0 atom stereocenters. The maximum Gasteiger partial charge on any atom is 0.254 e. The zero-order valence-corrected chi connectivity index (χ0v) is 17.0. The minimum atomic E-state index is -3.77. The van der Waals surface area contributed by atoms with Crippen LogP contribution in [0.15, 0.2) is 23.1 Å². The fraction of sp³-hybridized carbons (Fsp3) is 0.611. The molecular formula is C18H30N2O4S. The normalized spacial score (nSPS) is 12.1. The first-order valence-electron chi connectivity index (χ1n) is 8.51. The lowest BCUT2D eigenvalue weighted by Gasteiger charge is -2.29. The van der Waals surface area contributed by atoms with Gasteiger partial charge in [-0.15, -0.1) is 0 Å². The second kappa shape index (κ2) is 8.67. The molecule has 0 heterocycles. The summed E-state index contributed by atoms with van der Waals surface area (Å²) in [7, 11) is -2.37. The molecule has 1 aromatic carbocycles. The van der Waals surface area contributed by atoms with Gasteiger partial charge < -0.3 is 9.64 Å². The molecule has 0 spiro atoms. The van der Waals surface area contributed by atoms with Crippen molar-refractivity contribution in [2.45, 2.75) is 58.5 Å². The van der Waals surface area contributed by atoms with Gasteiger partial charge in [0, 0.05) is 24.2 Å². The van der Waals surface area contributed by atoms with Gasteiger partial charge in [0.15, 0.2) is 0 Å². The third-order valence-electron chi connectivity index (χ3n) is 3.54. The van der Waals surface area contributed by atoms with Crippen LogP contribution in [0.25, 0.3) is 0 Å². The van der Waals surface area contributed by atoms with Crippen LogP contribution < -0.4 is 9.46 Å². The minimum absolute atomic E-state index is 0.0193. The molecule has 7 heteroatoms. The van der Waals surface area contributed by atoms with Gasteiger partial charge in [0.05, 0.1) is 7.11 Å². The zero-order valence-electron chi connectivity index (χ0n) is 16.2. The highest BCUT2D eigenvalue weighted by Gasteiger charge is 2.25. The van der Waals surface area contributed by atoms with Crippen LogP contribution in [0.2, 0.25) is 0 Å². The van der Waals surface area contributed by atoms with Crippen molar-refractivity contribution in [2.75, 3.05) is 13.7 Å². The van der Waals surface area contributed by atoms with Gasteiger partial charge in [-0.05, 0) is 51.8 Å². The summed E-state index contributed by atoms with van der Waals surface area (Å²) in [6, 6.07) is 4.27. The number of rotatable bonds is 8. The zero-order chi connectivity index (χ0) is 19.4. The van der Waals surface area contributed by atoms with Crippen molar-refractivity contribution in [1.82, 2.24) is 9.62 Å². The summed E-state index contributed by atoms with van der Waals surface area (Å²) < 4.78 is 32.8. The summed E-state index contributed by atoms with van der Waals surface area (Å²) in [6.07, 6.45) is 0. The van der Waals surface area contributed by atoms with Crippen LogP contribution >= 0.6 is 0 Å². The number of ether oxygens (including phenoxy) is 1. The molecule has 142 valence electrons. The van der Waals surface area contributed by atoms with Crippen molar-refractivity contribution < 1.29 is 17.9 Å². The summed E-state index contributed by atoms with van der Waals surface area (Å²) in [5.41, 5.74) is 0.333. The third-order valence-corrected chi connectivity index (χ3v) is 5.22. The third kappa shape index (κ3) is 5.71. The number of sulfonamides is 1. The van der Waals surface area contributed by atoms with Crippen LogP contribution in [0.1, 0.15) is 51.9 Å². The highest BCUT2D eigenvalue weighted by Crippen LogP contribution is 2.26. The van der Waals surface area contributed by atoms with E-state index in [0.717, 1.165) is 0 Å². The van der Waals surface area contributed by atoms with Crippen LogP contribution in [0.5, 0.6) is 5.75 Å². The van der Waals surface area contributed by atoms with E-state index in [2.05, 4.69) is 4.72 Å². The first-order chi connectivity index (χ1) is 11.5. The van der Waals surface area contributed by atoms with Crippen LogP contribution in [0.3, 0.4) is 0 Å². The number of hydrogen-bond donors (Lipinski definition) is 1. The maximum absolute atomic E-state index is 12.9. The van der Waals surface area contributed by atoms with Crippen molar-refractivity contribution in [3.8, 4) is 5.75 Å². The average Bonchev–Trinajstić information content (AvgIpc) is 2.49. The summed E-state index contributed by atoms with van der Waals surface area (Å²) in [6.45, 7) is 12.1. The van der Waals surface area contributed by atoms with Gasteiger partial charge in [-0.25, -0.2) is 13.1 Å². The number of nitrogens with one attached hydrogen (secondary N) is 1. The Morgan fingerprint density at radius 1 is 1.16 bits per heavy atom. The summed E-state index contributed by atoms with van der Waals surface area (Å²) in [5.74, 6) is 0.340. The lowest BCUT2D eigenvalue weighted by Crippen LogP contribution is -2.39. The summed E-state index contributed by atoms with van der Waals surface area (Å²) in [4.78, 5) is 14.6. The molecule has 1 rings (SSSR count). The van der Waals surface area contributed by atoms with E-state index in [1.165, 1.54) is 19.2 Å². The number of carbonyl (C=O) groups is 1. The van der Waals surface area contributed by atoms with E-state index in [1.54, 1.807) is 24.8 Å². The van der Waals surface area contributed by atoms with Gasteiger partial charge in [-0.2, -0.15) is 0 Å². The maximum atomic E-state index is 12.9. The molecule has 0 bridgehead atoms. The molecule has 1 aromatic rings. The highest BCUT2D eigenvalue weighted by atomic mass is 32.2. The molecule has 0 fully saturated rings. The lowest BCUT2D eigenvalue weighted by atomic mass is 10.1. The van der Waals surface area contributed by atoms with Crippen molar-refractivity contribution >= 4 is 15.9 Å². The SMILES string of the molecule is COc1ccc(C(=O)N(CC(C)C)C(C)C)cc1S(=O)(=O)NC(C)C. The number of carbonyl (C=O) groups excluding carboxylic acids is 1. The van der Waals surface area contributed by atoms with Gasteiger partial charge in [0.25, 0.3) is 5.91 Å². The second-order valence-corrected chi connectivity index (χ2v) is 8.77. The van der Waals surface area contributed by atoms with E-state index in [4.69, 9.17) is 4.74 Å². The monoisotopic (exact) mass is 370 g/mol. The van der Waals surface area contributed by atoms with Gasteiger partial charge in [0.2, 0.25) is 10.0 Å². The van der Waals surface area contributed by atoms with Gasteiger partial charge in [0.1, 0.15) is 10.6 Å². The Kier molecular flexibility index (Phi) is 7.44. The van der Waals surface area contributed by atoms with Crippen molar-refractivity contribution in [1.29, 1.82) is 0 Å². The van der Waals surface area contributed by atoms with Gasteiger partial charge in [-0.3, -0.25) is 4.79 Å². The Morgan fingerprint density at radius 2 is 1.76 bits per heavy atom. The quantitative estimate of drug-likeness (QED) is 0.763. The van der Waals surface area contributed by atoms with Crippen LogP contribution in [-0.4, -0.2) is 45.0 Å². The predicted octanol–water partition coefficient (Wildman–Crippen LogP) is 2.89. The molecule has 6 nitrogen and oxygen atoms in total. The number of hydrogen-bond acceptors (Lipinski definition) is 4. The molecule has 0 saturated carbocycles. The van der Waals surface area contributed by atoms with E-state index in [-0.39, 0.29) is 28.6 Å². The Balaban J connectivity index is 3.35. The second-order valence-electron chi connectivity index (χ2n) is 7.09. The van der Waals surface area contributed by atoms with Crippen molar-refractivity contribution in [3.05, 3.63) is 23.8 Å². The number of nitrogens with zero attached hydrogens (tertiary/aromatic N) is 1. The Hall–Kier alpha value is -1.60. The number of methoxy groups -OCH3 is 1. The lowest BCUT2D eigenvalue weighted by molar-refractivity contribution is 0.0681. The van der Waals surface area contributed by atoms with Crippen LogP contribution in [0.4, 0.5) is 0 Å².